The summed E-state index contributed by atoms with van der Waals surface area (Å²) < 4.78 is 21.7. The summed E-state index contributed by atoms with van der Waals surface area (Å²) in [4.78, 5) is 15.3. The molecule has 1 rings (SSSR count). The molecule has 0 atom stereocenters. The molecule has 1 aromatic rings. The first kappa shape index (κ1) is 14.6. The van der Waals surface area contributed by atoms with E-state index in [1.165, 1.54) is 0 Å². The number of aryl methyl sites for hydroxylation is 1. The third-order valence-electron chi connectivity index (χ3n) is 2.39. The number of pyridine rings is 1. The van der Waals surface area contributed by atoms with Crippen LogP contribution >= 0.6 is 0 Å². The summed E-state index contributed by atoms with van der Waals surface area (Å²) in [5, 5.41) is 2.70. The number of carbonyl (C=O) groups is 1. The van der Waals surface area contributed by atoms with Gasteiger partial charge in [-0.15, -0.1) is 0 Å². The van der Waals surface area contributed by atoms with Crippen molar-refractivity contribution in [1.82, 2.24) is 10.3 Å². The van der Waals surface area contributed by atoms with Gasteiger partial charge in [-0.05, 0) is 24.5 Å². The molecular formula is C12H18N2O3S. The summed E-state index contributed by atoms with van der Waals surface area (Å²) in [6.07, 6.45) is 6.34. The number of nitrogens with one attached hydrogen (secondary N) is 1. The van der Waals surface area contributed by atoms with Gasteiger partial charge in [0, 0.05) is 31.6 Å². The molecule has 5 nitrogen and oxygen atoms in total. The van der Waals surface area contributed by atoms with Crippen molar-refractivity contribution < 1.29 is 13.2 Å². The molecule has 0 saturated carbocycles. The van der Waals surface area contributed by atoms with Crippen LogP contribution in [0.4, 0.5) is 0 Å². The lowest BCUT2D eigenvalue weighted by Crippen LogP contribution is -2.26. The molecule has 0 aliphatic rings. The molecule has 0 fully saturated rings. The Kier molecular flexibility index (Phi) is 5.77. The van der Waals surface area contributed by atoms with Crippen molar-refractivity contribution in [1.29, 1.82) is 0 Å². The molecule has 0 radical (unpaired) electrons. The van der Waals surface area contributed by atoms with Crippen LogP contribution in [0.15, 0.2) is 24.5 Å². The van der Waals surface area contributed by atoms with E-state index in [4.69, 9.17) is 0 Å². The smallest absolute Gasteiger partial charge is 0.221 e. The first-order chi connectivity index (χ1) is 8.47. The van der Waals surface area contributed by atoms with E-state index in [2.05, 4.69) is 10.3 Å². The van der Waals surface area contributed by atoms with E-state index < -0.39 is 9.84 Å². The van der Waals surface area contributed by atoms with Gasteiger partial charge in [-0.25, -0.2) is 8.42 Å². The molecule has 1 aromatic heterocycles. The van der Waals surface area contributed by atoms with Crippen molar-refractivity contribution in [3.8, 4) is 0 Å². The molecule has 0 aromatic carbocycles. The van der Waals surface area contributed by atoms with Crippen molar-refractivity contribution >= 4 is 15.7 Å². The summed E-state index contributed by atoms with van der Waals surface area (Å²) in [5.74, 6) is -0.312. The molecule has 0 bridgehead atoms. The Morgan fingerprint density at radius 2 is 2.22 bits per heavy atom. The minimum absolute atomic E-state index is 0.0335. The number of carbonyl (C=O) groups excluding carboxylic acids is 1. The monoisotopic (exact) mass is 270 g/mol. The number of hydrogen-bond donors (Lipinski definition) is 1. The molecule has 1 amide bonds. The van der Waals surface area contributed by atoms with Crippen LogP contribution in [-0.2, 0) is 21.1 Å². The third kappa shape index (κ3) is 7.01. The van der Waals surface area contributed by atoms with Crippen LogP contribution < -0.4 is 5.32 Å². The predicted octanol–water partition coefficient (Wildman–Crippen LogP) is 0.565. The van der Waals surface area contributed by atoms with Crippen LogP contribution in [0.1, 0.15) is 18.4 Å². The second kappa shape index (κ2) is 7.10. The fourth-order valence-electron chi connectivity index (χ4n) is 1.43. The molecule has 18 heavy (non-hydrogen) atoms. The van der Waals surface area contributed by atoms with Crippen molar-refractivity contribution in [2.75, 3.05) is 18.6 Å². The fraction of sp³-hybridized carbons (Fsp3) is 0.500. The molecule has 1 N–H and O–H groups in total. The van der Waals surface area contributed by atoms with Gasteiger partial charge in [0.1, 0.15) is 9.84 Å². The maximum absolute atomic E-state index is 11.3. The molecule has 0 aliphatic heterocycles. The van der Waals surface area contributed by atoms with Gasteiger partial charge in [0.25, 0.3) is 0 Å². The van der Waals surface area contributed by atoms with Crippen LogP contribution in [0.5, 0.6) is 0 Å². The van der Waals surface area contributed by atoms with Crippen LogP contribution in [0.2, 0.25) is 0 Å². The van der Waals surface area contributed by atoms with E-state index in [1.807, 2.05) is 12.1 Å². The SMILES string of the molecule is CS(=O)(=O)CCC(=O)NCCCc1cccnc1. The topological polar surface area (TPSA) is 76.1 Å². The molecular weight excluding hydrogens is 252 g/mol. The number of nitrogens with zero attached hydrogens (tertiary/aromatic N) is 1. The Bertz CT molecular complexity index is 471. The van der Waals surface area contributed by atoms with E-state index in [-0.39, 0.29) is 18.1 Å². The zero-order valence-corrected chi connectivity index (χ0v) is 11.2. The maximum Gasteiger partial charge on any atom is 0.221 e. The molecule has 1 heterocycles. The van der Waals surface area contributed by atoms with E-state index in [0.29, 0.717) is 6.54 Å². The first-order valence-corrected chi connectivity index (χ1v) is 7.87. The van der Waals surface area contributed by atoms with Crippen molar-refractivity contribution in [2.45, 2.75) is 19.3 Å². The van der Waals surface area contributed by atoms with Crippen LogP contribution in [0, 0.1) is 0 Å². The molecule has 0 spiro atoms. The number of sulfone groups is 1. The van der Waals surface area contributed by atoms with Gasteiger partial charge < -0.3 is 5.32 Å². The van der Waals surface area contributed by atoms with Gasteiger partial charge in [-0.1, -0.05) is 6.07 Å². The maximum atomic E-state index is 11.3. The van der Waals surface area contributed by atoms with Gasteiger partial charge in [-0.3, -0.25) is 9.78 Å². The Labute approximate surface area is 108 Å². The Morgan fingerprint density at radius 1 is 1.44 bits per heavy atom. The summed E-state index contributed by atoms with van der Waals surface area (Å²) in [6, 6.07) is 3.86. The Hall–Kier alpha value is -1.43. The molecule has 0 unspecified atom stereocenters. The zero-order chi connectivity index (χ0) is 13.4. The highest BCUT2D eigenvalue weighted by molar-refractivity contribution is 7.90. The average Bonchev–Trinajstić information content (AvgIpc) is 2.33. The Balaban J connectivity index is 2.13. The van der Waals surface area contributed by atoms with Gasteiger partial charge in [-0.2, -0.15) is 0 Å². The largest absolute Gasteiger partial charge is 0.356 e. The number of amides is 1. The number of aromatic nitrogens is 1. The van der Waals surface area contributed by atoms with E-state index in [0.717, 1.165) is 24.7 Å². The third-order valence-corrected chi connectivity index (χ3v) is 3.33. The average molecular weight is 270 g/mol. The molecule has 6 heteroatoms. The minimum Gasteiger partial charge on any atom is -0.356 e. The lowest BCUT2D eigenvalue weighted by Gasteiger charge is -2.04. The summed E-state index contributed by atoms with van der Waals surface area (Å²) in [5.41, 5.74) is 1.13. The quantitative estimate of drug-likeness (QED) is 0.735. The number of rotatable bonds is 7. The van der Waals surface area contributed by atoms with Crippen LogP contribution in [0.25, 0.3) is 0 Å². The zero-order valence-electron chi connectivity index (χ0n) is 10.4. The minimum atomic E-state index is -3.06. The normalized spacial score (nSPS) is 11.2. The van der Waals surface area contributed by atoms with Crippen molar-refractivity contribution in [3.05, 3.63) is 30.1 Å². The van der Waals surface area contributed by atoms with Crippen LogP contribution in [-0.4, -0.2) is 37.9 Å². The highest BCUT2D eigenvalue weighted by Crippen LogP contribution is 1.99. The van der Waals surface area contributed by atoms with E-state index >= 15 is 0 Å². The summed E-state index contributed by atoms with van der Waals surface area (Å²) in [6.45, 7) is 0.553. The number of hydrogen-bond acceptors (Lipinski definition) is 4. The van der Waals surface area contributed by atoms with Gasteiger partial charge in [0.05, 0.1) is 5.75 Å². The highest BCUT2D eigenvalue weighted by Gasteiger charge is 2.07. The Morgan fingerprint density at radius 3 is 2.83 bits per heavy atom. The van der Waals surface area contributed by atoms with Gasteiger partial charge in [0.15, 0.2) is 0 Å². The van der Waals surface area contributed by atoms with E-state index in [9.17, 15) is 13.2 Å². The van der Waals surface area contributed by atoms with E-state index in [1.54, 1.807) is 12.4 Å². The van der Waals surface area contributed by atoms with Crippen LogP contribution in [0.3, 0.4) is 0 Å². The van der Waals surface area contributed by atoms with Crippen molar-refractivity contribution in [3.63, 3.8) is 0 Å². The second-order valence-corrected chi connectivity index (χ2v) is 6.45. The highest BCUT2D eigenvalue weighted by atomic mass is 32.2. The summed E-state index contributed by atoms with van der Waals surface area (Å²) in [7, 11) is -3.06. The van der Waals surface area contributed by atoms with Gasteiger partial charge in [0.2, 0.25) is 5.91 Å². The molecule has 100 valence electrons. The fourth-order valence-corrected chi connectivity index (χ4v) is 1.99. The lowest BCUT2D eigenvalue weighted by molar-refractivity contribution is -0.120. The van der Waals surface area contributed by atoms with Gasteiger partial charge >= 0.3 is 0 Å². The molecule has 0 aliphatic carbocycles. The van der Waals surface area contributed by atoms with Crippen molar-refractivity contribution in [2.24, 2.45) is 0 Å². The summed E-state index contributed by atoms with van der Waals surface area (Å²) >= 11 is 0. The lowest BCUT2D eigenvalue weighted by atomic mass is 10.1. The molecule has 0 saturated heterocycles. The first-order valence-electron chi connectivity index (χ1n) is 5.81. The predicted molar refractivity (Wildman–Crippen MR) is 69.9 cm³/mol. The standard InChI is InChI=1S/C12H18N2O3S/c1-18(16,17)9-6-12(15)14-8-3-5-11-4-2-7-13-10-11/h2,4,7,10H,3,5-6,8-9H2,1H3,(H,14,15). The second-order valence-electron chi connectivity index (χ2n) is 4.19.